The number of aromatic carboxylic acids is 1. The molecule has 0 aliphatic carbocycles. The Kier molecular flexibility index (Phi) is 6.74. The third-order valence-electron chi connectivity index (χ3n) is 6.47. The predicted molar refractivity (Wildman–Crippen MR) is 145 cm³/mol. The van der Waals surface area contributed by atoms with Gasteiger partial charge in [-0.1, -0.05) is 35.4 Å². The number of fused-ring (bicyclic) bond motifs is 1. The van der Waals surface area contributed by atoms with Gasteiger partial charge in [-0.3, -0.25) is 15.1 Å². The van der Waals surface area contributed by atoms with Gasteiger partial charge in [0.2, 0.25) is 0 Å². The quantitative estimate of drug-likeness (QED) is 0.138. The second kappa shape index (κ2) is 10.1. The lowest BCUT2D eigenvalue weighted by Crippen LogP contribution is -2.26. The molecule has 0 saturated heterocycles. The average molecular weight is 564 g/mol. The first-order valence-corrected chi connectivity index (χ1v) is 12.2. The number of phenols is 1. The summed E-state index contributed by atoms with van der Waals surface area (Å²) in [7, 11) is 0. The highest BCUT2D eigenvalue weighted by molar-refractivity contribution is 6.55. The van der Waals surface area contributed by atoms with Crippen molar-refractivity contribution in [1.29, 1.82) is 0 Å². The molecule has 0 radical (unpaired) electrons. The van der Waals surface area contributed by atoms with E-state index in [-0.39, 0.29) is 45.2 Å². The summed E-state index contributed by atoms with van der Waals surface area (Å²) in [5.41, 5.74) is 3.09. The second-order valence-corrected chi connectivity index (χ2v) is 9.52. The minimum Gasteiger partial charge on any atom is -0.505 e. The first-order valence-electron chi connectivity index (χ1n) is 12.2. The SMILES string of the molecule is Cc1cc(C)cc(-c2cc(F)cc(NN=C3C(=O)N(c4cccc(C(=O)O)c4)c4cc(C(F)(F)F)ccc43)c2O)c1. The summed E-state index contributed by atoms with van der Waals surface area (Å²) in [6.07, 6.45) is -4.72. The predicted octanol–water partition coefficient (Wildman–Crippen LogP) is 7.03. The van der Waals surface area contributed by atoms with Crippen LogP contribution in [-0.4, -0.2) is 27.8 Å². The summed E-state index contributed by atoms with van der Waals surface area (Å²) >= 11 is 0. The molecule has 1 aliphatic heterocycles. The molecule has 0 bridgehead atoms. The number of nitrogens with zero attached hydrogens (tertiary/aromatic N) is 2. The molecule has 0 atom stereocenters. The van der Waals surface area contributed by atoms with E-state index in [0.29, 0.717) is 5.56 Å². The first kappa shape index (κ1) is 27.4. The fourth-order valence-electron chi connectivity index (χ4n) is 4.72. The molecule has 7 nitrogen and oxygen atoms in total. The lowest BCUT2D eigenvalue weighted by Gasteiger charge is -2.18. The van der Waals surface area contributed by atoms with Crippen LogP contribution < -0.4 is 10.3 Å². The zero-order chi connectivity index (χ0) is 29.6. The van der Waals surface area contributed by atoms with E-state index in [1.165, 1.54) is 18.2 Å². The molecule has 1 heterocycles. The maximum Gasteiger partial charge on any atom is 0.416 e. The number of aryl methyl sites for hydroxylation is 2. The van der Waals surface area contributed by atoms with Crippen LogP contribution in [0.3, 0.4) is 0 Å². The van der Waals surface area contributed by atoms with Gasteiger partial charge in [0.15, 0.2) is 5.71 Å². The van der Waals surface area contributed by atoms with Gasteiger partial charge < -0.3 is 10.2 Å². The summed E-state index contributed by atoms with van der Waals surface area (Å²) in [5, 5.41) is 24.4. The van der Waals surface area contributed by atoms with Gasteiger partial charge in [0.25, 0.3) is 5.91 Å². The first-order chi connectivity index (χ1) is 19.3. The summed E-state index contributed by atoms with van der Waals surface area (Å²) in [4.78, 5) is 25.9. The van der Waals surface area contributed by atoms with Crippen molar-refractivity contribution in [2.24, 2.45) is 5.10 Å². The molecule has 1 amide bonds. The Labute approximate surface area is 231 Å². The number of carboxylic acid groups (broad SMARTS) is 1. The number of aromatic hydroxyl groups is 1. The highest BCUT2D eigenvalue weighted by atomic mass is 19.4. The van der Waals surface area contributed by atoms with E-state index in [1.807, 2.05) is 19.9 Å². The highest BCUT2D eigenvalue weighted by Gasteiger charge is 2.39. The zero-order valence-electron chi connectivity index (χ0n) is 21.5. The van der Waals surface area contributed by atoms with Crippen molar-refractivity contribution in [1.82, 2.24) is 0 Å². The minimum atomic E-state index is -4.72. The summed E-state index contributed by atoms with van der Waals surface area (Å²) in [6, 6.07) is 15.3. The molecule has 4 aromatic rings. The molecule has 208 valence electrons. The third kappa shape index (κ3) is 5.21. The lowest BCUT2D eigenvalue weighted by atomic mass is 9.99. The van der Waals surface area contributed by atoms with Crippen LogP contribution in [-0.2, 0) is 11.0 Å². The largest absolute Gasteiger partial charge is 0.505 e. The van der Waals surface area contributed by atoms with Gasteiger partial charge in [0.05, 0.1) is 22.5 Å². The van der Waals surface area contributed by atoms with E-state index >= 15 is 0 Å². The number of amides is 1. The van der Waals surface area contributed by atoms with Crippen molar-refractivity contribution in [3.63, 3.8) is 0 Å². The number of anilines is 3. The monoisotopic (exact) mass is 563 g/mol. The van der Waals surface area contributed by atoms with Gasteiger partial charge >= 0.3 is 12.1 Å². The Morgan fingerprint density at radius 1 is 0.927 bits per heavy atom. The molecule has 0 aromatic heterocycles. The van der Waals surface area contributed by atoms with Crippen LogP contribution in [0, 0.1) is 19.7 Å². The van der Waals surface area contributed by atoms with Gasteiger partial charge in [0.1, 0.15) is 17.3 Å². The summed E-state index contributed by atoms with van der Waals surface area (Å²) < 4.78 is 55.3. The van der Waals surface area contributed by atoms with Gasteiger partial charge in [-0.25, -0.2) is 9.18 Å². The Morgan fingerprint density at radius 2 is 1.63 bits per heavy atom. The van der Waals surface area contributed by atoms with Crippen molar-refractivity contribution in [3.05, 3.63) is 106 Å². The molecule has 41 heavy (non-hydrogen) atoms. The number of alkyl halides is 3. The normalized spacial score (nSPS) is 14.0. The number of carbonyl (C=O) groups excluding carboxylic acids is 1. The lowest BCUT2D eigenvalue weighted by molar-refractivity contribution is -0.137. The van der Waals surface area contributed by atoms with Crippen molar-refractivity contribution in [2.75, 3.05) is 10.3 Å². The van der Waals surface area contributed by atoms with E-state index in [2.05, 4.69) is 10.5 Å². The number of rotatable bonds is 5. The van der Waals surface area contributed by atoms with Crippen LogP contribution in [0.2, 0.25) is 0 Å². The number of hydrazone groups is 1. The molecule has 0 spiro atoms. The number of phenolic OH excluding ortho intramolecular Hbond substituents is 1. The highest BCUT2D eigenvalue weighted by Crippen LogP contribution is 2.41. The molecule has 11 heteroatoms. The molecular weight excluding hydrogens is 542 g/mol. The van der Waals surface area contributed by atoms with Gasteiger partial charge in [0, 0.05) is 17.2 Å². The molecule has 1 aliphatic rings. The smallest absolute Gasteiger partial charge is 0.416 e. The molecule has 0 fully saturated rings. The fourth-order valence-corrected chi connectivity index (χ4v) is 4.72. The number of carbonyl (C=O) groups is 2. The third-order valence-corrected chi connectivity index (χ3v) is 6.47. The number of hydrogen-bond acceptors (Lipinski definition) is 5. The number of benzene rings is 4. The van der Waals surface area contributed by atoms with Crippen molar-refractivity contribution >= 4 is 34.7 Å². The Bertz CT molecular complexity index is 1750. The van der Waals surface area contributed by atoms with E-state index in [1.54, 1.807) is 12.1 Å². The van der Waals surface area contributed by atoms with E-state index in [0.717, 1.165) is 52.4 Å². The summed E-state index contributed by atoms with van der Waals surface area (Å²) in [6.45, 7) is 3.70. The second-order valence-electron chi connectivity index (χ2n) is 9.52. The maximum absolute atomic E-state index is 14.6. The number of hydrogen-bond donors (Lipinski definition) is 3. The van der Waals surface area contributed by atoms with E-state index < -0.39 is 29.4 Å². The topological polar surface area (TPSA) is 102 Å². The molecule has 5 rings (SSSR count). The molecule has 3 N–H and O–H groups in total. The maximum atomic E-state index is 14.6. The van der Waals surface area contributed by atoms with Gasteiger partial charge in [-0.15, -0.1) is 0 Å². The zero-order valence-corrected chi connectivity index (χ0v) is 21.5. The van der Waals surface area contributed by atoms with Crippen molar-refractivity contribution in [2.45, 2.75) is 20.0 Å². The fraction of sp³-hybridized carbons (Fsp3) is 0.100. The van der Waals surface area contributed by atoms with Gasteiger partial charge in [-0.05, 0) is 61.9 Å². The van der Waals surface area contributed by atoms with E-state index in [9.17, 15) is 37.4 Å². The van der Waals surface area contributed by atoms with Crippen molar-refractivity contribution in [3.8, 4) is 16.9 Å². The van der Waals surface area contributed by atoms with Crippen LogP contribution in [0.4, 0.5) is 34.6 Å². The van der Waals surface area contributed by atoms with E-state index in [4.69, 9.17) is 0 Å². The summed E-state index contributed by atoms with van der Waals surface area (Å²) in [5.74, 6) is -3.22. The van der Waals surface area contributed by atoms with Crippen LogP contribution in [0.15, 0.2) is 77.9 Å². The Hall–Kier alpha value is -5.19. The number of halogens is 4. The molecular formula is C30H21F4N3O4. The van der Waals surface area contributed by atoms with Crippen LogP contribution >= 0.6 is 0 Å². The van der Waals surface area contributed by atoms with Crippen LogP contribution in [0.25, 0.3) is 11.1 Å². The number of nitrogens with one attached hydrogen (secondary N) is 1. The standard InChI is InChI=1S/C30H21F4N3O4/c1-15-8-16(2)10-18(9-15)23-13-20(31)14-24(27(23)38)35-36-26-22-7-6-19(30(32,33)34)12-25(22)37(28(26)39)21-5-3-4-17(11-21)29(40)41/h3-14,35,38H,1-2H3,(H,40,41). The molecule has 0 saturated carbocycles. The van der Waals surface area contributed by atoms with Gasteiger partial charge in [-0.2, -0.15) is 18.3 Å². The number of carboxylic acids is 1. The Balaban J connectivity index is 1.60. The molecule has 4 aromatic carbocycles. The average Bonchev–Trinajstić information content (AvgIpc) is 3.18. The van der Waals surface area contributed by atoms with Crippen LogP contribution in [0.5, 0.6) is 5.75 Å². The van der Waals surface area contributed by atoms with Crippen molar-refractivity contribution < 1.29 is 37.4 Å². The van der Waals surface area contributed by atoms with Crippen LogP contribution in [0.1, 0.15) is 32.6 Å². The minimum absolute atomic E-state index is 0.00591. The molecule has 0 unspecified atom stereocenters. The Morgan fingerprint density at radius 3 is 2.29 bits per heavy atom.